The van der Waals surface area contributed by atoms with Gasteiger partial charge in [-0.25, -0.2) is 13.2 Å². The molecule has 7 heteroatoms. The molecule has 0 fully saturated rings. The van der Waals surface area contributed by atoms with Crippen LogP contribution in [0, 0.1) is 5.82 Å². The van der Waals surface area contributed by atoms with Crippen LogP contribution in [0.5, 0.6) is 0 Å². The minimum atomic E-state index is -3.31. The zero-order valence-electron chi connectivity index (χ0n) is 10.0. The number of amides is 1. The van der Waals surface area contributed by atoms with Gasteiger partial charge in [0.15, 0.2) is 0 Å². The predicted molar refractivity (Wildman–Crippen MR) is 66.8 cm³/mol. The van der Waals surface area contributed by atoms with Gasteiger partial charge in [0.2, 0.25) is 5.91 Å². The largest absolute Gasteiger partial charge is 0.390 e. The number of thioether (sulfide) groups is 1. The smallest absolute Gasteiger partial charge is 0.287 e. The summed E-state index contributed by atoms with van der Waals surface area (Å²) in [6.07, 6.45) is 0.000505. The van der Waals surface area contributed by atoms with Crippen molar-refractivity contribution in [3.63, 3.8) is 0 Å². The van der Waals surface area contributed by atoms with Crippen LogP contribution in [0.4, 0.5) is 13.2 Å². The molecule has 19 heavy (non-hydrogen) atoms. The number of nitrogens with one attached hydrogen (secondary N) is 1. The van der Waals surface area contributed by atoms with Crippen molar-refractivity contribution in [2.24, 2.45) is 0 Å². The van der Waals surface area contributed by atoms with E-state index < -0.39 is 25.0 Å². The van der Waals surface area contributed by atoms with Crippen molar-refractivity contribution >= 4 is 17.7 Å². The summed E-state index contributed by atoms with van der Waals surface area (Å²) < 4.78 is 38.5. The van der Waals surface area contributed by atoms with E-state index >= 15 is 0 Å². The first-order valence-corrected chi connectivity index (χ1v) is 6.56. The number of rotatable bonds is 7. The number of carbonyl (C=O) groups excluding carboxylic acids is 1. The first-order valence-electron chi connectivity index (χ1n) is 5.57. The molecule has 0 saturated heterocycles. The highest BCUT2D eigenvalue weighted by molar-refractivity contribution is 7.99. The standard InChI is InChI=1S/C12H14F3NO2S/c13-9-3-1-2-4-10(9)19-6-5-11(18)16-7-12(14,15)8-17/h1-4,17H,5-8H2,(H,16,18). The average molecular weight is 293 g/mol. The molecule has 3 nitrogen and oxygen atoms in total. The zero-order chi connectivity index (χ0) is 14.3. The van der Waals surface area contributed by atoms with Crippen molar-refractivity contribution in [3.05, 3.63) is 30.1 Å². The Kier molecular flexibility index (Phi) is 6.17. The Bertz CT molecular complexity index is 429. The highest BCUT2D eigenvalue weighted by Gasteiger charge is 2.27. The van der Waals surface area contributed by atoms with E-state index in [-0.39, 0.29) is 18.0 Å². The van der Waals surface area contributed by atoms with Gasteiger partial charge in [-0.15, -0.1) is 11.8 Å². The number of hydrogen-bond donors (Lipinski definition) is 2. The van der Waals surface area contributed by atoms with Crippen LogP contribution < -0.4 is 5.32 Å². The van der Waals surface area contributed by atoms with Gasteiger partial charge in [-0.05, 0) is 12.1 Å². The second kappa shape index (κ2) is 7.40. The molecule has 0 bridgehead atoms. The van der Waals surface area contributed by atoms with Gasteiger partial charge < -0.3 is 10.4 Å². The predicted octanol–water partition coefficient (Wildman–Crippen LogP) is 2.05. The molecule has 1 aromatic rings. The van der Waals surface area contributed by atoms with E-state index in [9.17, 15) is 18.0 Å². The minimum absolute atomic E-state index is 0.000505. The van der Waals surface area contributed by atoms with E-state index in [1.54, 1.807) is 18.2 Å². The molecule has 0 radical (unpaired) electrons. The van der Waals surface area contributed by atoms with Gasteiger partial charge in [0.1, 0.15) is 12.4 Å². The first-order chi connectivity index (χ1) is 8.94. The quantitative estimate of drug-likeness (QED) is 0.757. The summed E-state index contributed by atoms with van der Waals surface area (Å²) in [4.78, 5) is 11.7. The van der Waals surface area contributed by atoms with Crippen LogP contribution in [0.3, 0.4) is 0 Å². The molecule has 1 rings (SSSR count). The summed E-state index contributed by atoms with van der Waals surface area (Å²) >= 11 is 1.14. The molecule has 0 aromatic heterocycles. The van der Waals surface area contributed by atoms with E-state index in [1.807, 2.05) is 5.32 Å². The maximum absolute atomic E-state index is 13.2. The number of alkyl halides is 2. The summed E-state index contributed by atoms with van der Waals surface area (Å²) in [5.74, 6) is -3.96. The van der Waals surface area contributed by atoms with Gasteiger partial charge >= 0.3 is 0 Å². The molecular weight excluding hydrogens is 279 g/mol. The SMILES string of the molecule is O=C(CCSc1ccccc1F)NCC(F)(F)CO. The molecule has 1 aromatic carbocycles. The molecule has 0 heterocycles. The molecule has 106 valence electrons. The summed E-state index contributed by atoms with van der Waals surface area (Å²) in [6, 6.07) is 6.12. The average Bonchev–Trinajstić information content (AvgIpc) is 2.39. The number of hydrogen-bond acceptors (Lipinski definition) is 3. The van der Waals surface area contributed by atoms with Gasteiger partial charge in [0.05, 0.1) is 6.54 Å². The maximum Gasteiger partial charge on any atom is 0.287 e. The monoisotopic (exact) mass is 293 g/mol. The maximum atomic E-state index is 13.2. The molecule has 1 amide bonds. The minimum Gasteiger partial charge on any atom is -0.390 e. The highest BCUT2D eigenvalue weighted by atomic mass is 32.2. The Morgan fingerprint density at radius 3 is 2.68 bits per heavy atom. The third-order valence-electron chi connectivity index (χ3n) is 2.20. The summed E-state index contributed by atoms with van der Waals surface area (Å²) in [6.45, 7) is -2.20. The number of benzene rings is 1. The molecule has 0 aliphatic carbocycles. The lowest BCUT2D eigenvalue weighted by atomic mass is 10.3. The highest BCUT2D eigenvalue weighted by Crippen LogP contribution is 2.21. The van der Waals surface area contributed by atoms with Crippen molar-refractivity contribution < 1.29 is 23.1 Å². The van der Waals surface area contributed by atoms with Crippen LogP contribution in [0.25, 0.3) is 0 Å². The van der Waals surface area contributed by atoms with E-state index in [2.05, 4.69) is 0 Å². The second-order valence-electron chi connectivity index (χ2n) is 3.82. The number of carbonyl (C=O) groups is 1. The van der Waals surface area contributed by atoms with Crippen LogP contribution in [0.1, 0.15) is 6.42 Å². The van der Waals surface area contributed by atoms with Gasteiger partial charge in [0.25, 0.3) is 5.92 Å². The van der Waals surface area contributed by atoms with Crippen molar-refractivity contribution in [2.45, 2.75) is 17.2 Å². The molecule has 0 aliphatic rings. The van der Waals surface area contributed by atoms with Crippen molar-refractivity contribution in [1.29, 1.82) is 0 Å². The molecule has 0 saturated carbocycles. The van der Waals surface area contributed by atoms with Crippen LogP contribution in [-0.2, 0) is 4.79 Å². The van der Waals surface area contributed by atoms with Crippen LogP contribution in [0.15, 0.2) is 29.2 Å². The Balaban J connectivity index is 2.26. The summed E-state index contributed by atoms with van der Waals surface area (Å²) in [5, 5.41) is 10.3. The Labute approximate surface area is 113 Å². The molecule has 0 spiro atoms. The van der Waals surface area contributed by atoms with Gasteiger partial charge in [-0.2, -0.15) is 0 Å². The molecule has 0 unspecified atom stereocenters. The third kappa shape index (κ3) is 5.98. The molecule has 0 aliphatic heterocycles. The van der Waals surface area contributed by atoms with Crippen LogP contribution in [0.2, 0.25) is 0 Å². The molecular formula is C12H14F3NO2S. The lowest BCUT2D eigenvalue weighted by Gasteiger charge is -2.13. The lowest BCUT2D eigenvalue weighted by Crippen LogP contribution is -2.39. The fourth-order valence-corrected chi connectivity index (χ4v) is 2.08. The summed E-state index contributed by atoms with van der Waals surface area (Å²) in [5.41, 5.74) is 0. The van der Waals surface area contributed by atoms with Gasteiger partial charge in [-0.1, -0.05) is 12.1 Å². The van der Waals surface area contributed by atoms with E-state index in [0.717, 1.165) is 11.8 Å². The normalized spacial score (nSPS) is 11.4. The Hall–Kier alpha value is -1.21. The zero-order valence-corrected chi connectivity index (χ0v) is 10.9. The number of aliphatic hydroxyl groups excluding tert-OH is 1. The fraction of sp³-hybridized carbons (Fsp3) is 0.417. The fourth-order valence-electron chi connectivity index (χ4n) is 1.19. The third-order valence-corrected chi connectivity index (χ3v) is 3.25. The van der Waals surface area contributed by atoms with E-state index in [4.69, 9.17) is 5.11 Å². The topological polar surface area (TPSA) is 49.3 Å². The lowest BCUT2D eigenvalue weighted by molar-refractivity contribution is -0.123. The van der Waals surface area contributed by atoms with Crippen LogP contribution in [-0.4, -0.2) is 35.8 Å². The Morgan fingerprint density at radius 1 is 1.37 bits per heavy atom. The second-order valence-corrected chi connectivity index (χ2v) is 4.96. The van der Waals surface area contributed by atoms with Crippen molar-refractivity contribution in [1.82, 2.24) is 5.32 Å². The Morgan fingerprint density at radius 2 is 2.05 bits per heavy atom. The van der Waals surface area contributed by atoms with Crippen molar-refractivity contribution in [2.75, 3.05) is 18.9 Å². The first kappa shape index (κ1) is 15.8. The number of halogens is 3. The van der Waals surface area contributed by atoms with Crippen LogP contribution >= 0.6 is 11.8 Å². The van der Waals surface area contributed by atoms with Gasteiger partial charge in [0, 0.05) is 17.1 Å². The molecule has 0 atom stereocenters. The summed E-state index contributed by atoms with van der Waals surface area (Å²) in [7, 11) is 0. The molecule has 2 N–H and O–H groups in total. The number of aliphatic hydroxyl groups is 1. The van der Waals surface area contributed by atoms with Crippen molar-refractivity contribution in [3.8, 4) is 0 Å². The van der Waals surface area contributed by atoms with E-state index in [0.29, 0.717) is 4.90 Å². The van der Waals surface area contributed by atoms with E-state index in [1.165, 1.54) is 6.07 Å². The van der Waals surface area contributed by atoms with Gasteiger partial charge in [-0.3, -0.25) is 4.79 Å².